The highest BCUT2D eigenvalue weighted by molar-refractivity contribution is 7.90. The molecule has 0 saturated heterocycles. The van der Waals surface area contributed by atoms with Gasteiger partial charge in [-0.3, -0.25) is 9.59 Å². The van der Waals surface area contributed by atoms with Gasteiger partial charge in [-0.05, 0) is 61.6 Å². The minimum Gasteiger partial charge on any atom is -0.316 e. The van der Waals surface area contributed by atoms with Gasteiger partial charge in [0.15, 0.2) is 0 Å². The van der Waals surface area contributed by atoms with Crippen molar-refractivity contribution in [2.24, 2.45) is 7.05 Å². The second-order valence-electron chi connectivity index (χ2n) is 10.8. The van der Waals surface area contributed by atoms with Crippen molar-refractivity contribution < 1.29 is 13.2 Å². The molecule has 7 rings (SSSR count). The van der Waals surface area contributed by atoms with Gasteiger partial charge < -0.3 is 9.47 Å². The number of nitrogens with zero attached hydrogens (tertiary/aromatic N) is 3. The summed E-state index contributed by atoms with van der Waals surface area (Å²) < 4.78 is 30.8. The summed E-state index contributed by atoms with van der Waals surface area (Å²) in [5.41, 5.74) is 3.54. The van der Waals surface area contributed by atoms with E-state index in [1.165, 1.54) is 8.54 Å². The molecule has 0 radical (unpaired) electrons. The van der Waals surface area contributed by atoms with Crippen molar-refractivity contribution in [2.45, 2.75) is 48.3 Å². The molecule has 3 heterocycles. The Morgan fingerprint density at radius 3 is 2.38 bits per heavy atom. The lowest BCUT2D eigenvalue weighted by Crippen LogP contribution is -2.29. The van der Waals surface area contributed by atoms with Crippen molar-refractivity contribution in [3.63, 3.8) is 0 Å². The number of para-hydroxylation sites is 1. The Hall–Kier alpha value is -3.65. The molecule has 2 aromatic heterocycles. The molecule has 1 spiro atoms. The number of aromatic nitrogens is 2. The summed E-state index contributed by atoms with van der Waals surface area (Å²) in [7, 11) is -0.544. The summed E-state index contributed by atoms with van der Waals surface area (Å²) in [5.74, 6) is 0.0125. The monoisotopic (exact) mass is 513 g/mol. The van der Waals surface area contributed by atoms with Crippen LogP contribution in [0.4, 0.5) is 5.69 Å². The van der Waals surface area contributed by atoms with Crippen molar-refractivity contribution >= 4 is 32.5 Å². The van der Waals surface area contributed by atoms with E-state index in [9.17, 15) is 18.0 Å². The van der Waals surface area contributed by atoms with Crippen molar-refractivity contribution in [1.82, 2.24) is 8.54 Å². The molecule has 2 aromatic carbocycles. The molecule has 4 aromatic rings. The molecule has 2 atom stereocenters. The van der Waals surface area contributed by atoms with Crippen LogP contribution in [0.2, 0.25) is 0 Å². The van der Waals surface area contributed by atoms with Crippen LogP contribution in [0.15, 0.2) is 70.5 Å². The van der Waals surface area contributed by atoms with Crippen molar-refractivity contribution in [3.05, 3.63) is 93.5 Å². The summed E-state index contributed by atoms with van der Waals surface area (Å²) in [6.07, 6.45) is 4.21. The molecule has 3 aliphatic rings. The molecule has 1 amide bonds. The van der Waals surface area contributed by atoms with Crippen LogP contribution in [0.3, 0.4) is 0 Å². The van der Waals surface area contributed by atoms with Gasteiger partial charge in [0, 0.05) is 48.9 Å². The Morgan fingerprint density at radius 1 is 0.973 bits per heavy atom. The van der Waals surface area contributed by atoms with Gasteiger partial charge in [0.05, 0.1) is 10.3 Å². The number of hydrogen-bond donors (Lipinski definition) is 0. The number of fused-ring (bicyclic) bond motifs is 3. The highest BCUT2D eigenvalue weighted by Gasteiger charge is 2.67. The fraction of sp³-hybridized carbons (Fsp3) is 0.310. The first kappa shape index (κ1) is 22.5. The van der Waals surface area contributed by atoms with Gasteiger partial charge in [-0.2, -0.15) is 0 Å². The molecular weight excluding hydrogens is 486 g/mol. The molecule has 188 valence electrons. The predicted molar refractivity (Wildman–Crippen MR) is 142 cm³/mol. The number of hydrogen-bond acceptors (Lipinski definition) is 4. The van der Waals surface area contributed by atoms with Crippen LogP contribution >= 0.6 is 0 Å². The summed E-state index contributed by atoms with van der Waals surface area (Å²) in [4.78, 5) is 29.0. The molecule has 2 aliphatic carbocycles. The molecule has 8 heteroatoms. The highest BCUT2D eigenvalue weighted by Crippen LogP contribution is 2.66. The van der Waals surface area contributed by atoms with Crippen molar-refractivity contribution in [1.29, 1.82) is 0 Å². The summed E-state index contributed by atoms with van der Waals surface area (Å²) >= 11 is 0. The summed E-state index contributed by atoms with van der Waals surface area (Å²) in [6.45, 7) is 1.91. The molecule has 0 N–H and O–H groups in total. The maximum absolute atomic E-state index is 14.0. The summed E-state index contributed by atoms with van der Waals surface area (Å²) in [5, 5.41) is 0.641. The first-order valence-corrected chi connectivity index (χ1v) is 14.0. The van der Waals surface area contributed by atoms with Crippen LogP contribution in [0.5, 0.6) is 0 Å². The maximum Gasteiger partial charge on any atom is 0.275 e. The molecule has 37 heavy (non-hydrogen) atoms. The Bertz CT molecular complexity index is 1810. The van der Waals surface area contributed by atoms with Crippen molar-refractivity contribution in [3.8, 4) is 0 Å². The number of carbonyl (C=O) groups excluding carboxylic acids is 1. The van der Waals surface area contributed by atoms with E-state index in [0.717, 1.165) is 35.2 Å². The molecular formula is C29H27N3O4S. The fourth-order valence-electron chi connectivity index (χ4n) is 6.29. The third kappa shape index (κ3) is 2.90. The number of rotatable bonds is 4. The standard InChI is InChI=1S/C29H27N3O4S/c1-17-8-12-19(13-9-17)37(35,36)32-25(18-10-11-18)14-20-21(16-30(2)27(33)26(20)32)23-15-29(23)22-6-4-5-7-24(22)31(3)28(29)34/h4-9,12-14,16,18,23H,10-11,15H2,1-3H3. The second-order valence-corrected chi connectivity index (χ2v) is 12.6. The Morgan fingerprint density at radius 2 is 1.68 bits per heavy atom. The Balaban J connectivity index is 1.48. The minimum atomic E-state index is -4.00. The van der Waals surface area contributed by atoms with Crippen LogP contribution in [-0.2, 0) is 27.3 Å². The number of carbonyl (C=O) groups is 1. The van der Waals surface area contributed by atoms with E-state index in [2.05, 4.69) is 0 Å². The summed E-state index contributed by atoms with van der Waals surface area (Å²) in [6, 6.07) is 16.5. The van der Waals surface area contributed by atoms with Gasteiger partial charge in [-0.25, -0.2) is 12.4 Å². The number of likely N-dealkylation sites (N-methyl/N-ethyl adjacent to an activating group) is 1. The van der Waals surface area contributed by atoms with Crippen LogP contribution in [-0.4, -0.2) is 29.9 Å². The topological polar surface area (TPSA) is 81.4 Å². The lowest BCUT2D eigenvalue weighted by atomic mass is 9.91. The van der Waals surface area contributed by atoms with Crippen molar-refractivity contribution in [2.75, 3.05) is 11.9 Å². The third-order valence-electron chi connectivity index (χ3n) is 8.47. The zero-order chi connectivity index (χ0) is 25.9. The Kier molecular flexibility index (Phi) is 4.40. The van der Waals surface area contributed by atoms with E-state index in [0.29, 0.717) is 17.5 Å². The average Bonchev–Trinajstić information content (AvgIpc) is 3.80. The van der Waals surface area contributed by atoms with Gasteiger partial charge in [0.2, 0.25) is 5.91 Å². The molecule has 0 bridgehead atoms. The Labute approximate surface area is 215 Å². The molecule has 2 saturated carbocycles. The van der Waals surface area contributed by atoms with E-state index >= 15 is 0 Å². The van der Waals surface area contributed by atoms with E-state index < -0.39 is 15.4 Å². The number of aryl methyl sites for hydroxylation is 2. The van der Waals surface area contributed by atoms with Gasteiger partial charge in [-0.15, -0.1) is 0 Å². The molecule has 2 fully saturated rings. The normalized spacial score (nSPS) is 22.7. The molecule has 2 unspecified atom stereocenters. The zero-order valence-corrected chi connectivity index (χ0v) is 21.7. The lowest BCUT2D eigenvalue weighted by molar-refractivity contribution is -0.120. The number of anilines is 1. The third-order valence-corrected chi connectivity index (χ3v) is 10.2. The van der Waals surface area contributed by atoms with E-state index in [4.69, 9.17) is 0 Å². The quantitative estimate of drug-likeness (QED) is 0.410. The van der Waals surface area contributed by atoms with Gasteiger partial charge in [0.1, 0.15) is 5.52 Å². The molecule has 7 nitrogen and oxygen atoms in total. The maximum atomic E-state index is 14.0. The van der Waals surface area contributed by atoms with Crippen LogP contribution in [0.25, 0.3) is 10.9 Å². The highest BCUT2D eigenvalue weighted by atomic mass is 32.2. The van der Waals surface area contributed by atoms with Crippen LogP contribution in [0, 0.1) is 6.92 Å². The molecule has 1 aliphatic heterocycles. The lowest BCUT2D eigenvalue weighted by Gasteiger charge is -2.14. The van der Waals surface area contributed by atoms with Gasteiger partial charge >= 0.3 is 0 Å². The zero-order valence-electron chi connectivity index (χ0n) is 20.9. The minimum absolute atomic E-state index is 0.0508. The van der Waals surface area contributed by atoms with E-state index in [-0.39, 0.29) is 33.7 Å². The fourth-order valence-corrected chi connectivity index (χ4v) is 7.88. The predicted octanol–water partition coefficient (Wildman–Crippen LogP) is 4.16. The number of amides is 1. The average molecular weight is 514 g/mol. The van der Waals surface area contributed by atoms with Crippen LogP contribution < -0.4 is 10.5 Å². The number of benzene rings is 2. The SMILES string of the molecule is Cc1ccc(S(=O)(=O)n2c(C3CC3)cc3c(C4CC45C(=O)N(C)c4ccccc45)cn(C)c(=O)c32)cc1. The first-order valence-electron chi connectivity index (χ1n) is 12.6. The largest absolute Gasteiger partial charge is 0.316 e. The van der Waals surface area contributed by atoms with Gasteiger partial charge in [-0.1, -0.05) is 35.9 Å². The van der Waals surface area contributed by atoms with Gasteiger partial charge in [0.25, 0.3) is 15.6 Å². The second kappa shape index (κ2) is 7.22. The van der Waals surface area contributed by atoms with E-state index in [1.54, 1.807) is 49.5 Å². The number of pyridine rings is 1. The van der Waals surface area contributed by atoms with Crippen LogP contribution in [0.1, 0.15) is 53.5 Å². The van der Waals surface area contributed by atoms with E-state index in [1.807, 2.05) is 37.3 Å². The first-order chi connectivity index (χ1) is 17.7. The smallest absolute Gasteiger partial charge is 0.275 e.